The molecule has 0 amide bonds. The van der Waals surface area contributed by atoms with E-state index in [1.54, 1.807) is 0 Å². The van der Waals surface area contributed by atoms with E-state index in [4.69, 9.17) is 0 Å². The Morgan fingerprint density at radius 3 is 2.55 bits per heavy atom. The third-order valence-corrected chi connectivity index (χ3v) is 2.51. The molecule has 0 saturated carbocycles. The van der Waals surface area contributed by atoms with Crippen molar-refractivity contribution in [3.05, 3.63) is 28.0 Å². The van der Waals surface area contributed by atoms with Crippen LogP contribution >= 0.6 is 31.9 Å². The summed E-state index contributed by atoms with van der Waals surface area (Å²) in [5.41, 5.74) is 0.277. The van der Waals surface area contributed by atoms with Crippen LogP contribution in [0.4, 0.5) is 4.39 Å². The predicted octanol–water partition coefficient (Wildman–Crippen LogP) is 3.19. The van der Waals surface area contributed by atoms with Gasteiger partial charge in [0.15, 0.2) is 0 Å². The smallest absolute Gasteiger partial charge is 0.136 e. The van der Waals surface area contributed by atoms with E-state index < -0.39 is 5.82 Å². The van der Waals surface area contributed by atoms with Gasteiger partial charge in [-0.05, 0) is 28.1 Å². The van der Waals surface area contributed by atoms with Gasteiger partial charge in [-0.3, -0.25) is 0 Å². The molecule has 0 spiro atoms. The summed E-state index contributed by atoms with van der Waals surface area (Å²) in [6.45, 7) is 0. The van der Waals surface area contributed by atoms with Gasteiger partial charge in [0.25, 0.3) is 0 Å². The van der Waals surface area contributed by atoms with Crippen molar-refractivity contribution < 1.29 is 9.50 Å². The van der Waals surface area contributed by atoms with E-state index >= 15 is 0 Å². The Bertz CT molecular complexity index is 275. The Hall–Kier alpha value is -0.0900. The van der Waals surface area contributed by atoms with E-state index in [2.05, 4.69) is 31.9 Å². The first-order chi connectivity index (χ1) is 5.16. The number of rotatable bonds is 1. The molecule has 60 valence electrons. The molecule has 4 heteroatoms. The minimum atomic E-state index is -0.400. The van der Waals surface area contributed by atoms with Crippen LogP contribution in [0.15, 0.2) is 16.6 Å². The molecule has 0 saturated heterocycles. The Kier molecular flexibility index (Phi) is 2.90. The van der Waals surface area contributed by atoms with E-state index in [0.717, 1.165) is 0 Å². The number of hydrogen-bond donors (Lipinski definition) is 1. The van der Waals surface area contributed by atoms with Crippen molar-refractivity contribution in [1.29, 1.82) is 0 Å². The first-order valence-corrected chi connectivity index (χ1v) is 4.80. The fourth-order valence-corrected chi connectivity index (χ4v) is 1.62. The molecule has 0 unspecified atom stereocenters. The Labute approximate surface area is 80.5 Å². The van der Waals surface area contributed by atoms with Crippen LogP contribution in [-0.2, 0) is 5.33 Å². The molecule has 0 bridgehead atoms. The van der Waals surface area contributed by atoms with Crippen LogP contribution in [-0.4, -0.2) is 5.11 Å². The first kappa shape index (κ1) is 9.00. The van der Waals surface area contributed by atoms with Gasteiger partial charge >= 0.3 is 0 Å². The molecule has 1 nitrogen and oxygen atoms in total. The minimum absolute atomic E-state index is 0.0399. The van der Waals surface area contributed by atoms with E-state index in [-0.39, 0.29) is 11.3 Å². The van der Waals surface area contributed by atoms with Crippen LogP contribution in [0.3, 0.4) is 0 Å². The number of halogens is 3. The van der Waals surface area contributed by atoms with Gasteiger partial charge in [-0.15, -0.1) is 0 Å². The zero-order chi connectivity index (χ0) is 8.43. The van der Waals surface area contributed by atoms with Gasteiger partial charge in [0.1, 0.15) is 11.6 Å². The molecule has 0 heterocycles. The van der Waals surface area contributed by atoms with Gasteiger partial charge in [-0.25, -0.2) is 4.39 Å². The monoisotopic (exact) mass is 282 g/mol. The van der Waals surface area contributed by atoms with Gasteiger partial charge in [-0.1, -0.05) is 15.9 Å². The number of alkyl halides is 1. The maximum Gasteiger partial charge on any atom is 0.136 e. The molecule has 0 aromatic heterocycles. The lowest BCUT2D eigenvalue weighted by atomic mass is 10.2. The average molecular weight is 284 g/mol. The largest absolute Gasteiger partial charge is 0.506 e. The van der Waals surface area contributed by atoms with Crippen molar-refractivity contribution in [2.24, 2.45) is 0 Å². The molecule has 1 rings (SSSR count). The van der Waals surface area contributed by atoms with Crippen molar-refractivity contribution in [2.45, 2.75) is 5.33 Å². The molecule has 0 atom stereocenters. The first-order valence-electron chi connectivity index (χ1n) is 2.88. The molecule has 11 heavy (non-hydrogen) atoms. The molecular formula is C7H5Br2FO. The molecule has 1 aromatic rings. The summed E-state index contributed by atoms with van der Waals surface area (Å²) < 4.78 is 13.3. The second kappa shape index (κ2) is 3.54. The van der Waals surface area contributed by atoms with Gasteiger partial charge in [0.2, 0.25) is 0 Å². The van der Waals surface area contributed by atoms with E-state index in [9.17, 15) is 9.50 Å². The molecule has 1 aromatic carbocycles. The van der Waals surface area contributed by atoms with Crippen molar-refractivity contribution in [3.63, 3.8) is 0 Å². The van der Waals surface area contributed by atoms with Crippen LogP contribution in [0, 0.1) is 5.82 Å². The van der Waals surface area contributed by atoms with Gasteiger partial charge in [-0.2, -0.15) is 0 Å². The normalized spacial score (nSPS) is 10.1. The predicted molar refractivity (Wildman–Crippen MR) is 48.4 cm³/mol. The van der Waals surface area contributed by atoms with Crippen molar-refractivity contribution in [3.8, 4) is 5.75 Å². The van der Waals surface area contributed by atoms with Crippen LogP contribution in [0.1, 0.15) is 5.56 Å². The van der Waals surface area contributed by atoms with Crippen molar-refractivity contribution in [2.75, 3.05) is 0 Å². The maximum atomic E-state index is 12.8. The van der Waals surface area contributed by atoms with Gasteiger partial charge in [0.05, 0.1) is 4.47 Å². The summed E-state index contributed by atoms with van der Waals surface area (Å²) in [6, 6.07) is 2.78. The zero-order valence-electron chi connectivity index (χ0n) is 5.44. The summed E-state index contributed by atoms with van der Waals surface area (Å²) in [6.07, 6.45) is 0. The molecular weight excluding hydrogens is 279 g/mol. The molecule has 0 fully saturated rings. The van der Waals surface area contributed by atoms with Gasteiger partial charge < -0.3 is 5.11 Å². The molecule has 0 aliphatic carbocycles. The maximum absolute atomic E-state index is 12.8. The lowest BCUT2D eigenvalue weighted by Crippen LogP contribution is -1.86. The topological polar surface area (TPSA) is 20.2 Å². The molecule has 0 aliphatic rings. The van der Waals surface area contributed by atoms with Crippen molar-refractivity contribution in [1.82, 2.24) is 0 Å². The fourth-order valence-electron chi connectivity index (χ4n) is 0.710. The second-order valence-corrected chi connectivity index (χ2v) is 3.41. The van der Waals surface area contributed by atoms with Gasteiger partial charge in [0, 0.05) is 10.9 Å². The number of phenols is 1. The highest BCUT2D eigenvalue weighted by atomic mass is 79.9. The standard InChI is InChI=1S/C7H5Br2FO/c8-3-4-6(10)2-1-5(9)7(4)11/h1-2,11H,3H2. The lowest BCUT2D eigenvalue weighted by Gasteiger charge is -2.03. The lowest BCUT2D eigenvalue weighted by molar-refractivity contribution is 0.459. The third-order valence-electron chi connectivity index (χ3n) is 1.31. The second-order valence-electron chi connectivity index (χ2n) is 1.99. The highest BCUT2D eigenvalue weighted by Gasteiger charge is 2.08. The summed E-state index contributed by atoms with van der Waals surface area (Å²) in [7, 11) is 0. The van der Waals surface area contributed by atoms with Crippen LogP contribution in [0.5, 0.6) is 5.75 Å². The Morgan fingerprint density at radius 1 is 1.45 bits per heavy atom. The summed E-state index contributed by atoms with van der Waals surface area (Å²) >= 11 is 6.16. The Balaban J connectivity index is 3.29. The average Bonchev–Trinajstić information content (AvgIpc) is 1.99. The molecule has 0 aliphatic heterocycles. The number of hydrogen-bond acceptors (Lipinski definition) is 1. The fraction of sp³-hybridized carbons (Fsp3) is 0.143. The summed E-state index contributed by atoms with van der Waals surface area (Å²) in [4.78, 5) is 0. The minimum Gasteiger partial charge on any atom is -0.506 e. The van der Waals surface area contributed by atoms with Crippen LogP contribution in [0.25, 0.3) is 0 Å². The zero-order valence-corrected chi connectivity index (χ0v) is 8.61. The quantitative estimate of drug-likeness (QED) is 0.785. The van der Waals surface area contributed by atoms with Crippen LogP contribution < -0.4 is 0 Å². The summed E-state index contributed by atoms with van der Waals surface area (Å²) in [5.74, 6) is -0.440. The third kappa shape index (κ3) is 1.73. The van der Waals surface area contributed by atoms with Crippen LogP contribution in [0.2, 0.25) is 0 Å². The highest BCUT2D eigenvalue weighted by Crippen LogP contribution is 2.30. The Morgan fingerprint density at radius 2 is 2.09 bits per heavy atom. The summed E-state index contributed by atoms with van der Waals surface area (Å²) in [5, 5.41) is 9.57. The SMILES string of the molecule is Oc1c(Br)ccc(F)c1CBr. The molecule has 1 N–H and O–H groups in total. The van der Waals surface area contributed by atoms with E-state index in [1.165, 1.54) is 12.1 Å². The number of aromatic hydroxyl groups is 1. The van der Waals surface area contributed by atoms with E-state index in [1.807, 2.05) is 0 Å². The number of benzene rings is 1. The van der Waals surface area contributed by atoms with E-state index in [0.29, 0.717) is 9.80 Å². The molecule has 0 radical (unpaired) electrons. The van der Waals surface area contributed by atoms with Crippen molar-refractivity contribution >= 4 is 31.9 Å². The highest BCUT2D eigenvalue weighted by molar-refractivity contribution is 9.10. The number of phenolic OH excluding ortho intramolecular Hbond substituents is 1.